The molecule has 0 spiro atoms. The smallest absolute Gasteiger partial charge is 0.361 e. The lowest BCUT2D eigenvalue weighted by atomic mass is 10.1. The van der Waals surface area contributed by atoms with Crippen LogP contribution in [0.2, 0.25) is 0 Å². The molecule has 5 atom stereocenters. The average Bonchev–Trinajstić information content (AvgIpc) is 2.70. The minimum absolute atomic E-state index is 0.254. The summed E-state index contributed by atoms with van der Waals surface area (Å²) in [5, 5.41) is 10.6. The van der Waals surface area contributed by atoms with E-state index in [1.54, 1.807) is 6.92 Å². The van der Waals surface area contributed by atoms with Gasteiger partial charge in [0.1, 0.15) is 12.2 Å². The van der Waals surface area contributed by atoms with Crippen LogP contribution in [-0.4, -0.2) is 36.4 Å². The molecule has 0 unspecified atom stereocenters. The Balaban J connectivity index is 1.75. The van der Waals surface area contributed by atoms with E-state index in [1.807, 2.05) is 60.7 Å². The summed E-state index contributed by atoms with van der Waals surface area (Å²) in [6, 6.07) is 19.3. The minimum atomic E-state index is -3.70. The highest BCUT2D eigenvalue weighted by atomic mass is 31.2. The molecule has 0 saturated carbocycles. The Kier molecular flexibility index (Phi) is 6.82. The lowest BCUT2D eigenvalue weighted by molar-refractivity contribution is -0.166. The number of ether oxygens (including phenoxy) is 2. The predicted octanol–water partition coefficient (Wildman–Crippen LogP) is 3.73. The van der Waals surface area contributed by atoms with Crippen molar-refractivity contribution in [3.63, 3.8) is 0 Å². The number of rotatable bonds is 7. The number of benzene rings is 2. The molecule has 1 heterocycles. The van der Waals surface area contributed by atoms with Crippen molar-refractivity contribution in [1.82, 2.24) is 0 Å². The lowest BCUT2D eigenvalue weighted by Crippen LogP contribution is -2.51. The van der Waals surface area contributed by atoms with Crippen molar-refractivity contribution in [2.75, 3.05) is 7.11 Å². The van der Waals surface area contributed by atoms with Gasteiger partial charge in [-0.25, -0.2) is 0 Å². The van der Waals surface area contributed by atoms with Crippen LogP contribution < -0.4 is 0 Å². The molecule has 1 aliphatic heterocycles. The van der Waals surface area contributed by atoms with E-state index in [9.17, 15) is 9.67 Å². The highest BCUT2D eigenvalue weighted by Gasteiger charge is 2.52. The summed E-state index contributed by atoms with van der Waals surface area (Å²) in [5.74, 6) is -1.43. The summed E-state index contributed by atoms with van der Waals surface area (Å²) >= 11 is 0. The molecule has 6 nitrogen and oxygen atoms in total. The van der Waals surface area contributed by atoms with Crippen LogP contribution in [0.25, 0.3) is 0 Å². The number of hydrogen-bond donors (Lipinski definition) is 1. The number of aliphatic hydroxyl groups is 1. The van der Waals surface area contributed by atoms with E-state index in [0.717, 1.165) is 11.1 Å². The summed E-state index contributed by atoms with van der Waals surface area (Å²) in [7, 11) is -2.44. The largest absolute Gasteiger partial charge is 0.378 e. The topological polar surface area (TPSA) is 74.2 Å². The van der Waals surface area contributed by atoms with Gasteiger partial charge in [0.2, 0.25) is 0 Å². The Labute approximate surface area is 159 Å². The molecule has 3 rings (SSSR count). The molecule has 27 heavy (non-hydrogen) atoms. The maximum atomic E-state index is 12.8. The van der Waals surface area contributed by atoms with E-state index < -0.39 is 31.8 Å². The molecule has 7 heteroatoms. The van der Waals surface area contributed by atoms with E-state index in [-0.39, 0.29) is 6.61 Å². The van der Waals surface area contributed by atoms with Crippen LogP contribution >= 0.6 is 7.60 Å². The van der Waals surface area contributed by atoms with Crippen molar-refractivity contribution in [1.29, 1.82) is 0 Å². The third-order valence-corrected chi connectivity index (χ3v) is 6.62. The van der Waals surface area contributed by atoms with Gasteiger partial charge in [-0.2, -0.15) is 0 Å². The minimum Gasteiger partial charge on any atom is -0.378 e. The molecule has 1 fully saturated rings. The summed E-state index contributed by atoms with van der Waals surface area (Å²) in [5.41, 5.74) is 1.93. The predicted molar refractivity (Wildman–Crippen MR) is 101 cm³/mol. The molecule has 0 radical (unpaired) electrons. The van der Waals surface area contributed by atoms with Gasteiger partial charge in [-0.3, -0.25) is 4.57 Å². The van der Waals surface area contributed by atoms with Gasteiger partial charge in [0.15, 0.2) is 5.85 Å². The third-order valence-electron chi connectivity index (χ3n) is 4.54. The second kappa shape index (κ2) is 9.11. The molecule has 2 aromatic carbocycles. The quantitative estimate of drug-likeness (QED) is 0.724. The first-order valence-corrected chi connectivity index (χ1v) is 10.5. The highest BCUT2D eigenvalue weighted by molar-refractivity contribution is 7.54. The van der Waals surface area contributed by atoms with Crippen molar-refractivity contribution in [3.8, 4) is 0 Å². The lowest BCUT2D eigenvalue weighted by Gasteiger charge is -2.42. The van der Waals surface area contributed by atoms with Crippen LogP contribution in [-0.2, 0) is 36.3 Å². The standard InChI is InChI=1S/C20H25O6P/c1-15-18(24-13-16-9-5-3-6-10-16)19(20(21)27(22,23-2)26-15)25-14-17-11-7-4-8-12-17/h3-12,15,18-21H,13-14H2,1-2H3/t15-,18+,19+,20+,27+/m0/s1. The Morgan fingerprint density at radius 2 is 1.41 bits per heavy atom. The third kappa shape index (κ3) is 4.85. The van der Waals surface area contributed by atoms with Crippen molar-refractivity contribution in [2.24, 2.45) is 0 Å². The first kappa shape index (κ1) is 20.2. The Morgan fingerprint density at radius 3 is 1.89 bits per heavy atom. The second-order valence-corrected chi connectivity index (χ2v) is 8.65. The normalized spacial score (nSPS) is 30.9. The van der Waals surface area contributed by atoms with Crippen LogP contribution in [0.4, 0.5) is 0 Å². The zero-order chi connectivity index (χ0) is 19.3. The van der Waals surface area contributed by atoms with Gasteiger partial charge in [0, 0.05) is 7.11 Å². The second-order valence-electron chi connectivity index (χ2n) is 6.47. The van der Waals surface area contributed by atoms with Gasteiger partial charge in [-0.05, 0) is 18.1 Å². The van der Waals surface area contributed by atoms with Crippen molar-refractivity contribution in [3.05, 3.63) is 71.8 Å². The van der Waals surface area contributed by atoms with E-state index in [2.05, 4.69) is 0 Å². The number of hydrogen-bond acceptors (Lipinski definition) is 6. The number of aliphatic hydroxyl groups excluding tert-OH is 1. The van der Waals surface area contributed by atoms with Crippen molar-refractivity contribution < 1.29 is 28.2 Å². The average molecular weight is 392 g/mol. The van der Waals surface area contributed by atoms with Gasteiger partial charge in [-0.1, -0.05) is 60.7 Å². The molecular formula is C20H25O6P. The Hall–Kier alpha value is -1.53. The van der Waals surface area contributed by atoms with Crippen LogP contribution in [0.5, 0.6) is 0 Å². The van der Waals surface area contributed by atoms with Gasteiger partial charge < -0.3 is 23.6 Å². The van der Waals surface area contributed by atoms with Crippen LogP contribution in [0.3, 0.4) is 0 Å². The molecule has 0 bridgehead atoms. The zero-order valence-electron chi connectivity index (χ0n) is 15.4. The molecular weight excluding hydrogens is 367 g/mol. The first-order valence-electron chi connectivity index (χ1n) is 8.86. The Bertz CT molecular complexity index is 754. The fourth-order valence-electron chi connectivity index (χ4n) is 3.07. The van der Waals surface area contributed by atoms with Crippen molar-refractivity contribution in [2.45, 2.75) is 44.3 Å². The molecule has 0 aliphatic carbocycles. The van der Waals surface area contributed by atoms with Crippen LogP contribution in [0.1, 0.15) is 18.1 Å². The van der Waals surface area contributed by atoms with Gasteiger partial charge in [-0.15, -0.1) is 0 Å². The summed E-state index contributed by atoms with van der Waals surface area (Å²) in [6.07, 6.45) is -2.01. The Morgan fingerprint density at radius 1 is 0.926 bits per heavy atom. The van der Waals surface area contributed by atoms with Crippen LogP contribution in [0, 0.1) is 0 Å². The molecule has 0 aromatic heterocycles. The van der Waals surface area contributed by atoms with Gasteiger partial charge in [0.05, 0.1) is 19.3 Å². The van der Waals surface area contributed by atoms with Gasteiger partial charge >= 0.3 is 7.60 Å². The first-order chi connectivity index (χ1) is 13.0. The van der Waals surface area contributed by atoms with E-state index in [4.69, 9.17) is 18.5 Å². The fourth-order valence-corrected chi connectivity index (χ4v) is 4.69. The zero-order valence-corrected chi connectivity index (χ0v) is 16.3. The molecule has 1 saturated heterocycles. The summed E-state index contributed by atoms with van der Waals surface area (Å²) in [6.45, 7) is 2.32. The van der Waals surface area contributed by atoms with Crippen molar-refractivity contribution >= 4 is 7.60 Å². The molecule has 1 aliphatic rings. The maximum Gasteiger partial charge on any atom is 0.361 e. The molecule has 2 aromatic rings. The fraction of sp³-hybridized carbons (Fsp3) is 0.400. The summed E-state index contributed by atoms with van der Waals surface area (Å²) in [4.78, 5) is 0. The molecule has 0 amide bonds. The van der Waals surface area contributed by atoms with Gasteiger partial charge in [0.25, 0.3) is 0 Å². The highest BCUT2D eigenvalue weighted by Crippen LogP contribution is 2.58. The maximum absolute atomic E-state index is 12.8. The monoisotopic (exact) mass is 392 g/mol. The van der Waals surface area contributed by atoms with E-state index >= 15 is 0 Å². The van der Waals surface area contributed by atoms with Crippen LogP contribution in [0.15, 0.2) is 60.7 Å². The van der Waals surface area contributed by atoms with E-state index in [1.165, 1.54) is 7.11 Å². The molecule has 1 N–H and O–H groups in total. The molecule has 146 valence electrons. The summed E-state index contributed by atoms with van der Waals surface area (Å²) < 4.78 is 35.2. The SMILES string of the molecule is CO[P@@]1(=O)O[C@@H](C)[C@@H](OCc2ccccc2)[C@@H](OCc2ccccc2)[C@@H]1O. The van der Waals surface area contributed by atoms with E-state index in [0.29, 0.717) is 6.61 Å².